The third-order valence-corrected chi connectivity index (χ3v) is 3.42. The van der Waals surface area contributed by atoms with Gasteiger partial charge in [-0.2, -0.15) is 4.98 Å². The van der Waals surface area contributed by atoms with Crippen LogP contribution >= 0.6 is 0 Å². The number of rotatable bonds is 4. The summed E-state index contributed by atoms with van der Waals surface area (Å²) in [5.74, 6) is 1.94. The highest BCUT2D eigenvalue weighted by Crippen LogP contribution is 2.20. The van der Waals surface area contributed by atoms with Crippen molar-refractivity contribution in [2.24, 2.45) is 0 Å². The zero-order valence-corrected chi connectivity index (χ0v) is 11.3. The molecule has 1 aliphatic heterocycles. The van der Waals surface area contributed by atoms with Crippen LogP contribution in [-0.4, -0.2) is 46.5 Å². The van der Waals surface area contributed by atoms with E-state index in [-0.39, 0.29) is 6.10 Å². The number of hydrogen-bond donors (Lipinski definition) is 1. The largest absolute Gasteiger partial charge is 0.497 e. The predicted molar refractivity (Wildman–Crippen MR) is 72.2 cm³/mol. The molecule has 106 valence electrons. The van der Waals surface area contributed by atoms with E-state index in [1.54, 1.807) is 7.11 Å². The van der Waals surface area contributed by atoms with E-state index in [1.807, 2.05) is 24.3 Å². The molecule has 2 aromatic rings. The lowest BCUT2D eigenvalue weighted by atomic mass is 10.2. The van der Waals surface area contributed by atoms with Gasteiger partial charge in [-0.15, -0.1) is 0 Å². The van der Waals surface area contributed by atoms with Gasteiger partial charge < -0.3 is 14.4 Å². The van der Waals surface area contributed by atoms with Gasteiger partial charge >= 0.3 is 0 Å². The van der Waals surface area contributed by atoms with Gasteiger partial charge in [0.1, 0.15) is 5.75 Å². The molecule has 0 spiro atoms. The van der Waals surface area contributed by atoms with Gasteiger partial charge in [0.25, 0.3) is 0 Å². The van der Waals surface area contributed by atoms with E-state index in [9.17, 15) is 5.11 Å². The van der Waals surface area contributed by atoms with Crippen LogP contribution in [0.3, 0.4) is 0 Å². The van der Waals surface area contributed by atoms with E-state index in [0.29, 0.717) is 24.8 Å². The summed E-state index contributed by atoms with van der Waals surface area (Å²) < 4.78 is 10.4. The van der Waals surface area contributed by atoms with Crippen LogP contribution in [0, 0.1) is 0 Å². The van der Waals surface area contributed by atoms with E-state index in [0.717, 1.165) is 24.3 Å². The Kier molecular flexibility index (Phi) is 3.66. The molecule has 0 unspecified atom stereocenters. The van der Waals surface area contributed by atoms with Gasteiger partial charge in [-0.25, -0.2) is 0 Å². The summed E-state index contributed by atoms with van der Waals surface area (Å²) in [7, 11) is 1.63. The van der Waals surface area contributed by atoms with Crippen LogP contribution in [-0.2, 0) is 6.54 Å². The van der Waals surface area contributed by atoms with Gasteiger partial charge in [0.2, 0.25) is 11.7 Å². The van der Waals surface area contributed by atoms with Gasteiger partial charge in [0, 0.05) is 18.7 Å². The average Bonchev–Trinajstić information content (AvgIpc) is 3.09. The van der Waals surface area contributed by atoms with Crippen molar-refractivity contribution in [3.05, 3.63) is 30.2 Å². The number of hydrogen-bond acceptors (Lipinski definition) is 6. The zero-order chi connectivity index (χ0) is 13.9. The van der Waals surface area contributed by atoms with E-state index in [4.69, 9.17) is 9.26 Å². The first kappa shape index (κ1) is 13.1. The molecule has 6 nitrogen and oxygen atoms in total. The van der Waals surface area contributed by atoms with Crippen LogP contribution in [0.5, 0.6) is 5.75 Å². The van der Waals surface area contributed by atoms with Crippen molar-refractivity contribution in [2.75, 3.05) is 20.2 Å². The summed E-state index contributed by atoms with van der Waals surface area (Å²) in [6, 6.07) is 7.52. The fourth-order valence-corrected chi connectivity index (χ4v) is 2.32. The molecular weight excluding hydrogens is 258 g/mol. The molecular formula is C14H17N3O3. The number of likely N-dealkylation sites (tertiary alicyclic amines) is 1. The molecule has 3 rings (SSSR count). The quantitative estimate of drug-likeness (QED) is 0.907. The highest BCUT2D eigenvalue weighted by atomic mass is 16.5. The van der Waals surface area contributed by atoms with Crippen molar-refractivity contribution in [1.29, 1.82) is 0 Å². The molecule has 2 heterocycles. The average molecular weight is 275 g/mol. The van der Waals surface area contributed by atoms with E-state index in [1.165, 1.54) is 0 Å². The van der Waals surface area contributed by atoms with Crippen molar-refractivity contribution in [2.45, 2.75) is 19.1 Å². The third kappa shape index (κ3) is 2.81. The minimum atomic E-state index is -0.237. The van der Waals surface area contributed by atoms with E-state index in [2.05, 4.69) is 15.0 Å². The minimum Gasteiger partial charge on any atom is -0.497 e. The first-order valence-corrected chi connectivity index (χ1v) is 6.62. The number of benzene rings is 1. The van der Waals surface area contributed by atoms with Crippen LogP contribution in [0.4, 0.5) is 0 Å². The fourth-order valence-electron chi connectivity index (χ4n) is 2.32. The fraction of sp³-hybridized carbons (Fsp3) is 0.429. The van der Waals surface area contributed by atoms with Crippen LogP contribution in [0.25, 0.3) is 11.4 Å². The monoisotopic (exact) mass is 275 g/mol. The number of ether oxygens (including phenoxy) is 1. The number of aromatic nitrogens is 2. The molecule has 6 heteroatoms. The maximum absolute atomic E-state index is 9.49. The van der Waals surface area contributed by atoms with Gasteiger partial charge in [-0.3, -0.25) is 4.90 Å². The molecule has 0 radical (unpaired) electrons. The summed E-state index contributed by atoms with van der Waals surface area (Å²) in [6.07, 6.45) is 0.568. The third-order valence-electron chi connectivity index (χ3n) is 3.42. The molecule has 1 aromatic heterocycles. The Morgan fingerprint density at radius 3 is 2.85 bits per heavy atom. The number of nitrogens with zero attached hydrogens (tertiary/aromatic N) is 3. The molecule has 0 amide bonds. The topological polar surface area (TPSA) is 71.6 Å². The SMILES string of the molecule is COc1ccc(-c2noc(CN3CC[C@@H](O)C3)n2)cc1. The second kappa shape index (κ2) is 5.60. The summed E-state index contributed by atoms with van der Waals surface area (Å²) >= 11 is 0. The Hall–Kier alpha value is -1.92. The standard InChI is InChI=1S/C14H17N3O3/c1-19-12-4-2-10(3-5-12)14-15-13(20-16-14)9-17-7-6-11(18)8-17/h2-5,11,18H,6-9H2,1H3/t11-/m1/s1. The van der Waals surface area contributed by atoms with Crippen molar-refractivity contribution in [1.82, 2.24) is 15.0 Å². The Morgan fingerprint density at radius 1 is 1.40 bits per heavy atom. The lowest BCUT2D eigenvalue weighted by Gasteiger charge is -2.10. The second-order valence-corrected chi connectivity index (χ2v) is 4.92. The second-order valence-electron chi connectivity index (χ2n) is 4.92. The summed E-state index contributed by atoms with van der Waals surface area (Å²) in [6.45, 7) is 2.11. The Bertz CT molecular complexity index is 567. The van der Waals surface area contributed by atoms with Gasteiger partial charge in [0.15, 0.2) is 0 Å². The van der Waals surface area contributed by atoms with Crippen LogP contribution < -0.4 is 4.74 Å². The lowest BCUT2D eigenvalue weighted by Crippen LogP contribution is -2.21. The Balaban J connectivity index is 1.69. The predicted octanol–water partition coefficient (Wildman–Crippen LogP) is 1.31. The highest BCUT2D eigenvalue weighted by molar-refractivity contribution is 5.55. The Morgan fingerprint density at radius 2 is 2.20 bits per heavy atom. The van der Waals surface area contributed by atoms with Gasteiger partial charge in [-0.05, 0) is 30.7 Å². The molecule has 1 aromatic carbocycles. The molecule has 1 aliphatic rings. The summed E-state index contributed by atoms with van der Waals surface area (Å²) in [4.78, 5) is 6.49. The molecule has 0 aliphatic carbocycles. The molecule has 1 fully saturated rings. The van der Waals surface area contributed by atoms with Crippen molar-refractivity contribution in [3.8, 4) is 17.1 Å². The smallest absolute Gasteiger partial charge is 0.241 e. The number of methoxy groups -OCH3 is 1. The zero-order valence-electron chi connectivity index (χ0n) is 11.3. The van der Waals surface area contributed by atoms with Crippen molar-refractivity contribution in [3.63, 3.8) is 0 Å². The first-order valence-electron chi connectivity index (χ1n) is 6.62. The minimum absolute atomic E-state index is 0.237. The van der Waals surface area contributed by atoms with Crippen LogP contribution in [0.15, 0.2) is 28.8 Å². The maximum atomic E-state index is 9.49. The van der Waals surface area contributed by atoms with E-state index < -0.39 is 0 Å². The van der Waals surface area contributed by atoms with Crippen molar-refractivity contribution >= 4 is 0 Å². The molecule has 0 bridgehead atoms. The normalized spacial score (nSPS) is 19.4. The number of aliphatic hydroxyl groups is 1. The lowest BCUT2D eigenvalue weighted by molar-refractivity contribution is 0.169. The van der Waals surface area contributed by atoms with Crippen LogP contribution in [0.2, 0.25) is 0 Å². The molecule has 0 saturated carbocycles. The van der Waals surface area contributed by atoms with E-state index >= 15 is 0 Å². The molecule has 1 N–H and O–H groups in total. The molecule has 1 saturated heterocycles. The van der Waals surface area contributed by atoms with Crippen LogP contribution in [0.1, 0.15) is 12.3 Å². The number of aliphatic hydroxyl groups excluding tert-OH is 1. The van der Waals surface area contributed by atoms with Crippen molar-refractivity contribution < 1.29 is 14.4 Å². The first-order chi connectivity index (χ1) is 9.74. The molecule has 1 atom stereocenters. The van der Waals surface area contributed by atoms with Gasteiger partial charge in [-0.1, -0.05) is 5.16 Å². The maximum Gasteiger partial charge on any atom is 0.241 e. The highest BCUT2D eigenvalue weighted by Gasteiger charge is 2.22. The summed E-state index contributed by atoms with van der Waals surface area (Å²) in [5, 5.41) is 13.5. The summed E-state index contributed by atoms with van der Waals surface area (Å²) in [5.41, 5.74) is 0.891. The van der Waals surface area contributed by atoms with Gasteiger partial charge in [0.05, 0.1) is 19.8 Å². The molecule has 20 heavy (non-hydrogen) atoms. The number of β-amino-alcohol motifs (C(OH)–C–C–N with tert-alkyl or cyclic N) is 1. The Labute approximate surface area is 117 Å².